The second-order valence-electron chi connectivity index (χ2n) is 3.64. The summed E-state index contributed by atoms with van der Waals surface area (Å²) in [5, 5.41) is 0. The summed E-state index contributed by atoms with van der Waals surface area (Å²) in [6.07, 6.45) is 4.21. The van der Waals surface area contributed by atoms with Crippen LogP contribution < -0.4 is 11.3 Å². The molecule has 0 saturated carbocycles. The standard InChI is InChI=1S/C13H18N2O2/c1-2-3-8-17-10-12-6-4-11(5-7-12)9-13(16)15-14/h2-7H,8-10,14H2,1H3,(H,15,16)/b3-2+. The number of hydrogen-bond donors (Lipinski definition) is 2. The van der Waals surface area contributed by atoms with E-state index in [0.717, 1.165) is 11.1 Å². The number of rotatable bonds is 6. The number of amides is 1. The Bertz CT molecular complexity index is 372. The maximum atomic E-state index is 11.0. The number of benzene rings is 1. The van der Waals surface area contributed by atoms with Gasteiger partial charge in [0.25, 0.3) is 0 Å². The number of nitrogens with one attached hydrogen (secondary N) is 1. The molecule has 1 aromatic carbocycles. The van der Waals surface area contributed by atoms with Crippen molar-refractivity contribution < 1.29 is 9.53 Å². The van der Waals surface area contributed by atoms with Gasteiger partial charge < -0.3 is 4.74 Å². The smallest absolute Gasteiger partial charge is 0.238 e. The van der Waals surface area contributed by atoms with E-state index >= 15 is 0 Å². The van der Waals surface area contributed by atoms with E-state index in [9.17, 15) is 4.79 Å². The summed E-state index contributed by atoms with van der Waals surface area (Å²) in [6, 6.07) is 7.72. The summed E-state index contributed by atoms with van der Waals surface area (Å²) >= 11 is 0. The van der Waals surface area contributed by atoms with Gasteiger partial charge in [0.1, 0.15) is 0 Å². The van der Waals surface area contributed by atoms with Gasteiger partial charge in [-0.1, -0.05) is 36.4 Å². The van der Waals surface area contributed by atoms with Crippen molar-refractivity contribution in [2.45, 2.75) is 20.0 Å². The zero-order chi connectivity index (χ0) is 12.5. The predicted octanol–water partition coefficient (Wildman–Crippen LogP) is 1.31. The minimum atomic E-state index is -0.193. The first-order valence-corrected chi connectivity index (χ1v) is 5.52. The molecule has 0 heterocycles. The molecule has 0 radical (unpaired) electrons. The number of allylic oxidation sites excluding steroid dienone is 1. The zero-order valence-electron chi connectivity index (χ0n) is 9.98. The third-order valence-electron chi connectivity index (χ3n) is 2.27. The molecular formula is C13H18N2O2. The molecule has 4 nitrogen and oxygen atoms in total. The first kappa shape index (κ1) is 13.4. The van der Waals surface area contributed by atoms with Crippen LogP contribution in [0.3, 0.4) is 0 Å². The van der Waals surface area contributed by atoms with E-state index < -0.39 is 0 Å². The van der Waals surface area contributed by atoms with Crippen molar-refractivity contribution in [3.8, 4) is 0 Å². The minimum absolute atomic E-state index is 0.193. The largest absolute Gasteiger partial charge is 0.373 e. The lowest BCUT2D eigenvalue weighted by atomic mass is 10.1. The lowest BCUT2D eigenvalue weighted by Crippen LogP contribution is -2.31. The summed E-state index contributed by atoms with van der Waals surface area (Å²) in [7, 11) is 0. The molecule has 1 aromatic rings. The van der Waals surface area contributed by atoms with Crippen molar-refractivity contribution in [2.24, 2.45) is 5.84 Å². The maximum Gasteiger partial charge on any atom is 0.238 e. The average Bonchev–Trinajstić information content (AvgIpc) is 2.36. The molecule has 0 atom stereocenters. The Morgan fingerprint density at radius 1 is 1.35 bits per heavy atom. The number of ether oxygens (including phenoxy) is 1. The van der Waals surface area contributed by atoms with Crippen molar-refractivity contribution >= 4 is 5.91 Å². The molecule has 1 rings (SSSR count). The van der Waals surface area contributed by atoms with E-state index in [1.54, 1.807) is 0 Å². The normalized spacial score (nSPS) is 10.7. The molecule has 0 aliphatic heterocycles. The molecule has 3 N–H and O–H groups in total. The van der Waals surface area contributed by atoms with Crippen LogP contribution in [0.2, 0.25) is 0 Å². The first-order chi connectivity index (χ1) is 8.26. The average molecular weight is 234 g/mol. The van der Waals surface area contributed by atoms with Crippen molar-refractivity contribution in [1.29, 1.82) is 0 Å². The Labute approximate surface area is 101 Å². The predicted molar refractivity (Wildman–Crippen MR) is 66.9 cm³/mol. The van der Waals surface area contributed by atoms with E-state index in [1.165, 1.54) is 0 Å². The van der Waals surface area contributed by atoms with Crippen molar-refractivity contribution in [3.63, 3.8) is 0 Å². The number of carbonyl (C=O) groups excluding carboxylic acids is 1. The van der Waals surface area contributed by atoms with Crippen LogP contribution >= 0.6 is 0 Å². The van der Waals surface area contributed by atoms with Gasteiger partial charge in [-0.25, -0.2) is 5.84 Å². The van der Waals surface area contributed by atoms with Gasteiger partial charge in [0, 0.05) is 0 Å². The first-order valence-electron chi connectivity index (χ1n) is 5.52. The fourth-order valence-corrected chi connectivity index (χ4v) is 1.33. The van der Waals surface area contributed by atoms with E-state index in [2.05, 4.69) is 5.43 Å². The van der Waals surface area contributed by atoms with Crippen LogP contribution in [0.5, 0.6) is 0 Å². The zero-order valence-corrected chi connectivity index (χ0v) is 9.98. The van der Waals surface area contributed by atoms with E-state index in [4.69, 9.17) is 10.6 Å². The molecule has 4 heteroatoms. The van der Waals surface area contributed by atoms with Crippen LogP contribution in [0.15, 0.2) is 36.4 Å². The molecule has 0 aliphatic carbocycles. The van der Waals surface area contributed by atoms with Crippen LogP contribution in [0, 0.1) is 0 Å². The monoisotopic (exact) mass is 234 g/mol. The molecule has 17 heavy (non-hydrogen) atoms. The van der Waals surface area contributed by atoms with E-state index in [0.29, 0.717) is 19.6 Å². The van der Waals surface area contributed by atoms with E-state index in [1.807, 2.05) is 43.3 Å². The lowest BCUT2D eigenvalue weighted by molar-refractivity contribution is -0.120. The fourth-order valence-electron chi connectivity index (χ4n) is 1.33. The van der Waals surface area contributed by atoms with Crippen LogP contribution in [-0.2, 0) is 22.6 Å². The molecule has 0 aliphatic rings. The van der Waals surface area contributed by atoms with E-state index in [-0.39, 0.29) is 5.91 Å². The Kier molecular flexibility index (Phi) is 5.99. The topological polar surface area (TPSA) is 64.3 Å². The Hall–Kier alpha value is -1.65. The quantitative estimate of drug-likeness (QED) is 0.256. The van der Waals surface area contributed by atoms with Crippen LogP contribution in [-0.4, -0.2) is 12.5 Å². The Balaban J connectivity index is 2.41. The fraction of sp³-hybridized carbons (Fsp3) is 0.308. The van der Waals surface area contributed by atoms with Crippen molar-refractivity contribution in [3.05, 3.63) is 47.5 Å². The Morgan fingerprint density at radius 3 is 2.59 bits per heavy atom. The molecule has 0 bridgehead atoms. The van der Waals surface area contributed by atoms with Gasteiger partial charge in [-0.2, -0.15) is 0 Å². The molecule has 0 aromatic heterocycles. The van der Waals surface area contributed by atoms with Crippen molar-refractivity contribution in [1.82, 2.24) is 5.43 Å². The summed E-state index contributed by atoms with van der Waals surface area (Å²) in [6.45, 7) is 3.15. The lowest BCUT2D eigenvalue weighted by Gasteiger charge is -2.04. The molecule has 1 amide bonds. The maximum absolute atomic E-state index is 11.0. The summed E-state index contributed by atoms with van der Waals surface area (Å²) in [5.41, 5.74) is 4.13. The SMILES string of the molecule is C/C=C/COCc1ccc(CC(=O)NN)cc1. The minimum Gasteiger partial charge on any atom is -0.373 e. The van der Waals surface area contributed by atoms with Gasteiger partial charge in [-0.3, -0.25) is 10.2 Å². The Morgan fingerprint density at radius 2 is 2.00 bits per heavy atom. The van der Waals surface area contributed by atoms with Gasteiger partial charge >= 0.3 is 0 Å². The highest BCUT2D eigenvalue weighted by molar-refractivity contribution is 5.77. The molecule has 0 unspecified atom stereocenters. The molecule has 0 fully saturated rings. The second kappa shape index (κ2) is 7.60. The number of carbonyl (C=O) groups is 1. The third-order valence-corrected chi connectivity index (χ3v) is 2.27. The summed E-state index contributed by atoms with van der Waals surface area (Å²) in [4.78, 5) is 11.0. The molecule has 0 saturated heterocycles. The molecule has 0 spiro atoms. The summed E-state index contributed by atoms with van der Waals surface area (Å²) in [5.74, 6) is 4.83. The number of hydrogen-bond acceptors (Lipinski definition) is 3. The van der Waals surface area contributed by atoms with Crippen LogP contribution in [0.25, 0.3) is 0 Å². The van der Waals surface area contributed by atoms with Crippen LogP contribution in [0.4, 0.5) is 0 Å². The second-order valence-corrected chi connectivity index (χ2v) is 3.64. The number of hydrazine groups is 1. The number of nitrogens with two attached hydrogens (primary N) is 1. The highest BCUT2D eigenvalue weighted by Gasteiger charge is 2.00. The van der Waals surface area contributed by atoms with Crippen LogP contribution in [0.1, 0.15) is 18.1 Å². The molecular weight excluding hydrogens is 216 g/mol. The van der Waals surface area contributed by atoms with Gasteiger partial charge in [-0.15, -0.1) is 0 Å². The van der Waals surface area contributed by atoms with Gasteiger partial charge in [-0.05, 0) is 18.1 Å². The van der Waals surface area contributed by atoms with Gasteiger partial charge in [0.15, 0.2) is 0 Å². The third kappa shape index (κ3) is 5.29. The highest BCUT2D eigenvalue weighted by atomic mass is 16.5. The summed E-state index contributed by atoms with van der Waals surface area (Å²) < 4.78 is 5.42. The van der Waals surface area contributed by atoms with Gasteiger partial charge in [0.05, 0.1) is 19.6 Å². The van der Waals surface area contributed by atoms with Crippen molar-refractivity contribution in [2.75, 3.05) is 6.61 Å². The highest BCUT2D eigenvalue weighted by Crippen LogP contribution is 2.06. The molecule has 92 valence electrons. The van der Waals surface area contributed by atoms with Gasteiger partial charge in [0.2, 0.25) is 5.91 Å².